The van der Waals surface area contributed by atoms with Crippen molar-refractivity contribution in [1.82, 2.24) is 10.6 Å². The van der Waals surface area contributed by atoms with Gasteiger partial charge in [-0.15, -0.1) is 12.4 Å². The molecule has 0 spiro atoms. The van der Waals surface area contributed by atoms with Crippen LogP contribution in [0.4, 0.5) is 0 Å². The second-order valence-electron chi connectivity index (χ2n) is 4.91. The number of carbonyl (C=O) groups excluding carboxylic acids is 1. The SMILES string of the molecule is COc1ccc(OC)c(CCNC(=O)C2CCNC2)c1.Cl. The minimum atomic E-state index is 0. The quantitative estimate of drug-likeness (QED) is 0.833. The van der Waals surface area contributed by atoms with Gasteiger partial charge in [0.25, 0.3) is 0 Å². The van der Waals surface area contributed by atoms with Crippen molar-refractivity contribution in [3.63, 3.8) is 0 Å². The van der Waals surface area contributed by atoms with Crippen LogP contribution in [0.15, 0.2) is 18.2 Å². The number of carbonyl (C=O) groups is 1. The van der Waals surface area contributed by atoms with Crippen molar-refractivity contribution in [2.24, 2.45) is 5.92 Å². The summed E-state index contributed by atoms with van der Waals surface area (Å²) in [6.45, 7) is 2.33. The highest BCUT2D eigenvalue weighted by Gasteiger charge is 2.21. The van der Waals surface area contributed by atoms with Gasteiger partial charge in [0.05, 0.1) is 20.1 Å². The molecule has 1 aromatic carbocycles. The Labute approximate surface area is 131 Å². The monoisotopic (exact) mass is 314 g/mol. The van der Waals surface area contributed by atoms with Gasteiger partial charge in [0.15, 0.2) is 0 Å². The molecule has 2 N–H and O–H groups in total. The van der Waals surface area contributed by atoms with Gasteiger partial charge in [-0.25, -0.2) is 0 Å². The van der Waals surface area contributed by atoms with E-state index in [2.05, 4.69) is 10.6 Å². The lowest BCUT2D eigenvalue weighted by Crippen LogP contribution is -2.33. The molecule has 1 fully saturated rings. The van der Waals surface area contributed by atoms with E-state index in [0.29, 0.717) is 6.54 Å². The van der Waals surface area contributed by atoms with Crippen molar-refractivity contribution in [3.8, 4) is 11.5 Å². The fourth-order valence-electron chi connectivity index (χ4n) is 2.42. The molecule has 0 aliphatic carbocycles. The topological polar surface area (TPSA) is 59.6 Å². The van der Waals surface area contributed by atoms with Crippen molar-refractivity contribution < 1.29 is 14.3 Å². The number of hydrogen-bond acceptors (Lipinski definition) is 4. The van der Waals surface area contributed by atoms with Crippen LogP contribution >= 0.6 is 12.4 Å². The predicted octanol–water partition coefficient (Wildman–Crippen LogP) is 1.39. The van der Waals surface area contributed by atoms with Crippen molar-refractivity contribution >= 4 is 18.3 Å². The minimum absolute atomic E-state index is 0. The normalized spacial score (nSPS) is 17.0. The fourth-order valence-corrected chi connectivity index (χ4v) is 2.42. The predicted molar refractivity (Wildman–Crippen MR) is 84.5 cm³/mol. The van der Waals surface area contributed by atoms with Gasteiger partial charge in [0, 0.05) is 13.1 Å². The number of halogens is 1. The Bertz CT molecular complexity index is 462. The van der Waals surface area contributed by atoms with Gasteiger partial charge in [0.1, 0.15) is 11.5 Å². The molecule has 5 nitrogen and oxygen atoms in total. The lowest BCUT2D eigenvalue weighted by atomic mass is 10.1. The zero-order chi connectivity index (χ0) is 14.4. The van der Waals surface area contributed by atoms with Crippen LogP contribution in [0.5, 0.6) is 11.5 Å². The number of methoxy groups -OCH3 is 2. The third-order valence-electron chi connectivity index (χ3n) is 3.61. The molecule has 1 aliphatic heterocycles. The van der Waals surface area contributed by atoms with Gasteiger partial charge in [-0.3, -0.25) is 4.79 Å². The molecule has 1 aliphatic rings. The second kappa shape index (κ2) is 8.74. The summed E-state index contributed by atoms with van der Waals surface area (Å²) in [7, 11) is 3.29. The number of rotatable bonds is 6. The summed E-state index contributed by atoms with van der Waals surface area (Å²) in [5, 5.41) is 6.18. The van der Waals surface area contributed by atoms with E-state index in [-0.39, 0.29) is 24.2 Å². The van der Waals surface area contributed by atoms with E-state index in [1.807, 2.05) is 18.2 Å². The summed E-state index contributed by atoms with van der Waals surface area (Å²) < 4.78 is 10.5. The lowest BCUT2D eigenvalue weighted by molar-refractivity contribution is -0.124. The molecule has 1 aromatic rings. The van der Waals surface area contributed by atoms with Crippen LogP contribution in [0, 0.1) is 5.92 Å². The maximum atomic E-state index is 11.9. The van der Waals surface area contributed by atoms with E-state index in [1.54, 1.807) is 14.2 Å². The van der Waals surface area contributed by atoms with Crippen LogP contribution in [0.2, 0.25) is 0 Å². The first-order chi connectivity index (χ1) is 9.74. The van der Waals surface area contributed by atoms with E-state index in [0.717, 1.165) is 43.0 Å². The van der Waals surface area contributed by atoms with Crippen LogP contribution in [-0.4, -0.2) is 39.8 Å². The van der Waals surface area contributed by atoms with Gasteiger partial charge < -0.3 is 20.1 Å². The molecule has 0 radical (unpaired) electrons. The Morgan fingerprint density at radius 1 is 1.38 bits per heavy atom. The molecule has 6 heteroatoms. The molecule has 118 valence electrons. The molecule has 21 heavy (non-hydrogen) atoms. The first kappa shape index (κ1) is 17.6. The molecule has 0 bridgehead atoms. The molecule has 1 heterocycles. The summed E-state index contributed by atoms with van der Waals surface area (Å²) in [5.41, 5.74) is 1.04. The first-order valence-electron chi connectivity index (χ1n) is 6.94. The van der Waals surface area contributed by atoms with Crippen LogP contribution in [0.1, 0.15) is 12.0 Å². The number of hydrogen-bond donors (Lipinski definition) is 2. The standard InChI is InChI=1S/C15H22N2O3.ClH/c1-19-13-3-4-14(20-2)11(9-13)6-8-17-15(18)12-5-7-16-10-12;/h3-4,9,12,16H,5-8,10H2,1-2H3,(H,17,18);1H. The van der Waals surface area contributed by atoms with E-state index >= 15 is 0 Å². The van der Waals surface area contributed by atoms with Gasteiger partial charge >= 0.3 is 0 Å². The summed E-state index contributed by atoms with van der Waals surface area (Å²) in [6, 6.07) is 5.70. The van der Waals surface area contributed by atoms with Gasteiger partial charge in [-0.1, -0.05) is 0 Å². The summed E-state index contributed by atoms with van der Waals surface area (Å²) >= 11 is 0. The van der Waals surface area contributed by atoms with Crippen molar-refractivity contribution in [2.75, 3.05) is 33.9 Å². The first-order valence-corrected chi connectivity index (χ1v) is 6.94. The highest BCUT2D eigenvalue weighted by atomic mass is 35.5. The van der Waals surface area contributed by atoms with Gasteiger partial charge in [0.2, 0.25) is 5.91 Å². The molecular formula is C15H23ClN2O3. The average molecular weight is 315 g/mol. The zero-order valence-corrected chi connectivity index (χ0v) is 13.3. The summed E-state index contributed by atoms with van der Waals surface area (Å²) in [4.78, 5) is 11.9. The highest BCUT2D eigenvalue weighted by Crippen LogP contribution is 2.24. The molecule has 1 saturated heterocycles. The Morgan fingerprint density at radius 2 is 2.19 bits per heavy atom. The van der Waals surface area contributed by atoms with E-state index in [9.17, 15) is 4.79 Å². The Kier molecular flexibility index (Phi) is 7.32. The molecule has 1 atom stereocenters. The van der Waals surface area contributed by atoms with Crippen LogP contribution in [0.3, 0.4) is 0 Å². The number of amides is 1. The zero-order valence-electron chi connectivity index (χ0n) is 12.5. The molecular weight excluding hydrogens is 292 g/mol. The molecule has 1 unspecified atom stereocenters. The smallest absolute Gasteiger partial charge is 0.224 e. The van der Waals surface area contributed by atoms with Gasteiger partial charge in [-0.05, 0) is 43.1 Å². The average Bonchev–Trinajstić information content (AvgIpc) is 3.01. The maximum Gasteiger partial charge on any atom is 0.224 e. The Hall–Kier alpha value is -1.46. The molecule has 2 rings (SSSR count). The molecule has 1 amide bonds. The lowest BCUT2D eigenvalue weighted by Gasteiger charge is -2.12. The van der Waals surface area contributed by atoms with Crippen LogP contribution in [-0.2, 0) is 11.2 Å². The summed E-state index contributed by atoms with van der Waals surface area (Å²) in [5.74, 6) is 1.87. The van der Waals surface area contributed by atoms with Crippen LogP contribution in [0.25, 0.3) is 0 Å². The van der Waals surface area contributed by atoms with E-state index in [1.165, 1.54) is 0 Å². The van der Waals surface area contributed by atoms with Crippen LogP contribution < -0.4 is 20.1 Å². The van der Waals surface area contributed by atoms with Crippen molar-refractivity contribution in [3.05, 3.63) is 23.8 Å². The largest absolute Gasteiger partial charge is 0.497 e. The third-order valence-corrected chi connectivity index (χ3v) is 3.61. The van der Waals surface area contributed by atoms with Crippen molar-refractivity contribution in [2.45, 2.75) is 12.8 Å². The fraction of sp³-hybridized carbons (Fsp3) is 0.533. The third kappa shape index (κ3) is 4.79. The highest BCUT2D eigenvalue weighted by molar-refractivity contribution is 5.85. The number of benzene rings is 1. The van der Waals surface area contributed by atoms with Gasteiger partial charge in [-0.2, -0.15) is 0 Å². The minimum Gasteiger partial charge on any atom is -0.497 e. The number of ether oxygens (including phenoxy) is 2. The van der Waals surface area contributed by atoms with Crippen molar-refractivity contribution in [1.29, 1.82) is 0 Å². The second-order valence-corrected chi connectivity index (χ2v) is 4.91. The Balaban J connectivity index is 0.00000220. The molecule has 0 saturated carbocycles. The summed E-state index contributed by atoms with van der Waals surface area (Å²) in [6.07, 6.45) is 1.65. The molecule has 0 aromatic heterocycles. The number of nitrogens with one attached hydrogen (secondary N) is 2. The maximum absolute atomic E-state index is 11.9. The van der Waals surface area contributed by atoms with E-state index in [4.69, 9.17) is 9.47 Å². The Morgan fingerprint density at radius 3 is 2.81 bits per heavy atom. The van der Waals surface area contributed by atoms with E-state index < -0.39 is 0 Å².